The summed E-state index contributed by atoms with van der Waals surface area (Å²) in [4.78, 5) is 0. The summed E-state index contributed by atoms with van der Waals surface area (Å²) in [5, 5.41) is 3.18. The first-order valence-electron chi connectivity index (χ1n) is 8.38. The van der Waals surface area contributed by atoms with Crippen molar-refractivity contribution in [2.75, 3.05) is 0 Å². The van der Waals surface area contributed by atoms with Crippen molar-refractivity contribution < 1.29 is 30.2 Å². The third-order valence-electron chi connectivity index (χ3n) is 4.48. The predicted molar refractivity (Wildman–Crippen MR) is 102 cm³/mol. The van der Waals surface area contributed by atoms with Crippen LogP contribution >= 0.6 is 0 Å². The van der Waals surface area contributed by atoms with Gasteiger partial charge in [0, 0.05) is 11.6 Å². The molecular weight excluding hydrogens is 408 g/mol. The minimum Gasteiger partial charge on any atom is -0.375 e. The highest BCUT2D eigenvalue weighted by Gasteiger charge is 2.48. The fraction of sp³-hybridized carbons (Fsp3) is 0.0476. The smallest absolute Gasteiger partial charge is 0.375 e. The van der Waals surface area contributed by atoms with Crippen molar-refractivity contribution in [2.24, 2.45) is 0 Å². The number of hydrogen-bond acceptors (Lipinski definition) is 3. The summed E-state index contributed by atoms with van der Waals surface area (Å²) in [7, 11) is -5.96. The van der Waals surface area contributed by atoms with E-state index in [9.17, 15) is 26.0 Å². The van der Waals surface area contributed by atoms with Crippen LogP contribution in [-0.4, -0.2) is 13.9 Å². The van der Waals surface area contributed by atoms with Crippen molar-refractivity contribution >= 4 is 31.7 Å². The van der Waals surface area contributed by atoms with Gasteiger partial charge in [0.1, 0.15) is 5.82 Å². The first-order chi connectivity index (χ1) is 13.7. The fourth-order valence-electron chi connectivity index (χ4n) is 3.23. The van der Waals surface area contributed by atoms with Crippen LogP contribution < -0.4 is 4.18 Å². The Balaban J connectivity index is 2.02. The van der Waals surface area contributed by atoms with Crippen LogP contribution in [0, 0.1) is 5.82 Å². The number of benzene rings is 4. The zero-order valence-corrected chi connectivity index (χ0v) is 15.4. The van der Waals surface area contributed by atoms with E-state index in [1.165, 1.54) is 6.07 Å². The Bertz CT molecular complexity index is 1350. The molecule has 0 N–H and O–H groups in total. The maximum absolute atomic E-state index is 13.7. The van der Waals surface area contributed by atoms with Gasteiger partial charge in [0.2, 0.25) is 0 Å². The molecule has 0 bridgehead atoms. The Hall–Kier alpha value is -3.13. The quantitative estimate of drug-likeness (QED) is 0.176. The zero-order chi connectivity index (χ0) is 20.8. The molecule has 29 heavy (non-hydrogen) atoms. The molecule has 0 aliphatic heterocycles. The molecule has 0 saturated carbocycles. The maximum Gasteiger partial charge on any atom is 0.534 e. The Labute approximate surface area is 163 Å². The molecule has 0 radical (unpaired) electrons. The van der Waals surface area contributed by atoms with E-state index >= 15 is 0 Å². The third-order valence-corrected chi connectivity index (χ3v) is 5.45. The molecule has 0 atom stereocenters. The molecule has 0 heterocycles. The molecule has 0 unspecified atom stereocenters. The van der Waals surface area contributed by atoms with Crippen LogP contribution in [0.3, 0.4) is 0 Å². The van der Waals surface area contributed by atoms with Gasteiger partial charge in [0.05, 0.1) is 0 Å². The van der Waals surface area contributed by atoms with Gasteiger partial charge < -0.3 is 4.18 Å². The van der Waals surface area contributed by atoms with Crippen molar-refractivity contribution in [3.63, 3.8) is 0 Å². The van der Waals surface area contributed by atoms with E-state index in [2.05, 4.69) is 4.18 Å². The summed E-state index contributed by atoms with van der Waals surface area (Å²) in [6.45, 7) is 0. The van der Waals surface area contributed by atoms with Crippen molar-refractivity contribution in [2.45, 2.75) is 5.51 Å². The van der Waals surface area contributed by atoms with Crippen LogP contribution in [0.2, 0.25) is 0 Å². The first-order valence-corrected chi connectivity index (χ1v) is 9.79. The molecule has 148 valence electrons. The van der Waals surface area contributed by atoms with E-state index in [1.807, 2.05) is 30.3 Å². The van der Waals surface area contributed by atoms with E-state index < -0.39 is 27.2 Å². The molecular formula is C21H12F4O3S. The second-order valence-electron chi connectivity index (χ2n) is 6.31. The van der Waals surface area contributed by atoms with Gasteiger partial charge in [0.15, 0.2) is 5.75 Å². The van der Waals surface area contributed by atoms with Gasteiger partial charge in [-0.3, -0.25) is 0 Å². The van der Waals surface area contributed by atoms with Gasteiger partial charge in [-0.1, -0.05) is 48.5 Å². The third kappa shape index (κ3) is 3.40. The van der Waals surface area contributed by atoms with Crippen LogP contribution in [0.25, 0.3) is 32.7 Å². The zero-order valence-electron chi connectivity index (χ0n) is 14.6. The Morgan fingerprint density at radius 1 is 0.724 bits per heavy atom. The monoisotopic (exact) mass is 420 g/mol. The van der Waals surface area contributed by atoms with Crippen molar-refractivity contribution in [3.8, 4) is 16.9 Å². The van der Waals surface area contributed by atoms with E-state index in [-0.39, 0.29) is 5.56 Å². The van der Waals surface area contributed by atoms with Gasteiger partial charge in [0.25, 0.3) is 0 Å². The lowest BCUT2D eigenvalue weighted by Crippen LogP contribution is -2.28. The molecule has 0 aliphatic rings. The molecule has 0 fully saturated rings. The lowest BCUT2D eigenvalue weighted by Gasteiger charge is -2.16. The van der Waals surface area contributed by atoms with E-state index in [0.717, 1.165) is 22.2 Å². The number of halogens is 4. The maximum atomic E-state index is 13.7. The normalized spacial score (nSPS) is 12.4. The molecule has 3 nitrogen and oxygen atoms in total. The molecule has 8 heteroatoms. The molecule has 4 aromatic rings. The van der Waals surface area contributed by atoms with E-state index in [0.29, 0.717) is 17.0 Å². The molecule has 0 amide bonds. The van der Waals surface area contributed by atoms with Gasteiger partial charge in [-0.05, 0) is 45.3 Å². The summed E-state index contributed by atoms with van der Waals surface area (Å²) in [5.41, 5.74) is -5.19. The Morgan fingerprint density at radius 3 is 2.03 bits per heavy atom. The average molecular weight is 420 g/mol. The SMILES string of the molecule is O=S(=O)(Oc1cc(F)ccc1-c1cc2ccccc2c2ccccc12)C(F)(F)F. The standard InChI is InChI=1S/C21H12F4O3S/c22-14-9-10-18(20(12-14)28-29(26,27)21(23,24)25)19-11-13-5-1-2-6-15(13)16-7-3-4-8-17(16)19/h1-12H. The number of fused-ring (bicyclic) bond motifs is 3. The summed E-state index contributed by atoms with van der Waals surface area (Å²) >= 11 is 0. The topological polar surface area (TPSA) is 43.4 Å². The second kappa shape index (κ2) is 6.73. The first kappa shape index (κ1) is 19.2. The summed E-state index contributed by atoms with van der Waals surface area (Å²) < 4.78 is 79.5. The molecule has 4 aromatic carbocycles. The minimum absolute atomic E-state index is 0.0289. The van der Waals surface area contributed by atoms with Gasteiger partial charge in [-0.2, -0.15) is 21.6 Å². The largest absolute Gasteiger partial charge is 0.534 e. The highest BCUT2D eigenvalue weighted by molar-refractivity contribution is 7.88. The van der Waals surface area contributed by atoms with Gasteiger partial charge in [-0.25, -0.2) is 4.39 Å². The van der Waals surface area contributed by atoms with Crippen molar-refractivity contribution in [3.05, 3.63) is 78.6 Å². The Kier molecular flexibility index (Phi) is 4.46. The molecule has 0 aliphatic carbocycles. The molecule has 4 rings (SSSR count). The Morgan fingerprint density at radius 2 is 1.34 bits per heavy atom. The summed E-state index contributed by atoms with van der Waals surface area (Å²) in [6.07, 6.45) is 0. The van der Waals surface area contributed by atoms with Crippen LogP contribution in [0.5, 0.6) is 5.75 Å². The molecule has 0 spiro atoms. The van der Waals surface area contributed by atoms with Gasteiger partial charge >= 0.3 is 15.6 Å². The number of alkyl halides is 3. The minimum atomic E-state index is -5.96. The van der Waals surface area contributed by atoms with Crippen molar-refractivity contribution in [1.82, 2.24) is 0 Å². The predicted octanol–water partition coefficient (Wildman–Crippen LogP) is 6.03. The van der Waals surface area contributed by atoms with Crippen LogP contribution in [-0.2, 0) is 10.1 Å². The highest BCUT2D eigenvalue weighted by Crippen LogP contribution is 2.40. The lowest BCUT2D eigenvalue weighted by molar-refractivity contribution is -0.0499. The molecule has 0 saturated heterocycles. The van der Waals surface area contributed by atoms with E-state index in [1.54, 1.807) is 24.3 Å². The number of hydrogen-bond donors (Lipinski definition) is 0. The van der Waals surface area contributed by atoms with Crippen LogP contribution in [0.1, 0.15) is 0 Å². The fourth-order valence-corrected chi connectivity index (χ4v) is 3.70. The van der Waals surface area contributed by atoms with Gasteiger partial charge in [-0.15, -0.1) is 0 Å². The number of rotatable bonds is 3. The highest BCUT2D eigenvalue weighted by atomic mass is 32.2. The van der Waals surface area contributed by atoms with Crippen LogP contribution in [0.4, 0.5) is 17.6 Å². The van der Waals surface area contributed by atoms with Crippen molar-refractivity contribution in [1.29, 1.82) is 0 Å². The average Bonchev–Trinajstić information content (AvgIpc) is 2.66. The van der Waals surface area contributed by atoms with E-state index in [4.69, 9.17) is 0 Å². The second-order valence-corrected chi connectivity index (χ2v) is 7.85. The van der Waals surface area contributed by atoms with Crippen LogP contribution in [0.15, 0.2) is 72.8 Å². The lowest BCUT2D eigenvalue weighted by atomic mass is 9.93. The summed E-state index contributed by atoms with van der Waals surface area (Å²) in [6, 6.07) is 19.1. The summed E-state index contributed by atoms with van der Waals surface area (Å²) in [5.74, 6) is -1.66. The molecule has 0 aromatic heterocycles.